The smallest absolute Gasteiger partial charge is 0.369 e. The molecule has 0 N–H and O–H groups in total. The number of aldehydes is 1. The monoisotopic (exact) mass is 286 g/mol. The molecule has 0 atom stereocenters. The molecule has 0 bridgehead atoms. The Kier molecular flexibility index (Phi) is 4.32. The molecule has 0 aliphatic carbocycles. The molecule has 110 valence electrons. The van der Waals surface area contributed by atoms with Crippen molar-refractivity contribution in [3.8, 4) is 0 Å². The van der Waals surface area contributed by atoms with Crippen molar-refractivity contribution in [1.29, 1.82) is 0 Å². The van der Waals surface area contributed by atoms with E-state index in [2.05, 4.69) is 11.8 Å². The molecule has 1 aliphatic heterocycles. The second-order valence-electron chi connectivity index (χ2n) is 4.81. The van der Waals surface area contributed by atoms with Crippen LogP contribution in [-0.2, 0) is 6.18 Å². The van der Waals surface area contributed by atoms with E-state index in [1.807, 2.05) is 4.90 Å². The minimum Gasteiger partial charge on any atom is -0.369 e. The van der Waals surface area contributed by atoms with Gasteiger partial charge in [0.2, 0.25) is 0 Å². The molecule has 2 rings (SSSR count). The molecule has 20 heavy (non-hydrogen) atoms. The van der Waals surface area contributed by atoms with Crippen molar-refractivity contribution in [2.24, 2.45) is 0 Å². The molecule has 3 nitrogen and oxygen atoms in total. The first-order valence-electron chi connectivity index (χ1n) is 6.59. The Labute approximate surface area is 116 Å². The van der Waals surface area contributed by atoms with E-state index in [0.717, 1.165) is 25.7 Å². The van der Waals surface area contributed by atoms with Crippen LogP contribution in [0.4, 0.5) is 18.9 Å². The van der Waals surface area contributed by atoms with Gasteiger partial charge in [-0.15, -0.1) is 0 Å². The van der Waals surface area contributed by atoms with Crippen LogP contribution in [0.5, 0.6) is 0 Å². The van der Waals surface area contributed by atoms with Gasteiger partial charge in [0.25, 0.3) is 0 Å². The molecule has 1 aromatic carbocycles. The van der Waals surface area contributed by atoms with Crippen LogP contribution in [0.1, 0.15) is 22.8 Å². The Morgan fingerprint density at radius 2 is 1.85 bits per heavy atom. The average molecular weight is 286 g/mol. The highest BCUT2D eigenvalue weighted by Gasteiger charge is 2.34. The zero-order chi connectivity index (χ0) is 14.8. The maximum absolute atomic E-state index is 12.9. The van der Waals surface area contributed by atoms with Crippen LogP contribution < -0.4 is 4.90 Å². The third kappa shape index (κ3) is 3.12. The molecule has 0 saturated carbocycles. The predicted octanol–water partition coefficient (Wildman–Crippen LogP) is 2.66. The second-order valence-corrected chi connectivity index (χ2v) is 4.81. The van der Waals surface area contributed by atoms with Gasteiger partial charge < -0.3 is 9.80 Å². The van der Waals surface area contributed by atoms with Crippen LogP contribution in [0.15, 0.2) is 18.2 Å². The van der Waals surface area contributed by atoms with Gasteiger partial charge in [-0.3, -0.25) is 4.79 Å². The molecule has 1 fully saturated rings. The van der Waals surface area contributed by atoms with Gasteiger partial charge in [0.15, 0.2) is 6.29 Å². The number of anilines is 1. The Morgan fingerprint density at radius 3 is 2.35 bits per heavy atom. The van der Waals surface area contributed by atoms with Gasteiger partial charge in [0.1, 0.15) is 0 Å². The SMILES string of the molecule is CCN1CCN(c2ccc(C=O)c(C(F)(F)F)c2)CC1. The number of carbonyl (C=O) groups excluding carboxylic acids is 1. The third-order valence-electron chi connectivity index (χ3n) is 3.65. The van der Waals surface area contributed by atoms with Crippen molar-refractivity contribution >= 4 is 12.0 Å². The first-order valence-corrected chi connectivity index (χ1v) is 6.59. The summed E-state index contributed by atoms with van der Waals surface area (Å²) in [6, 6.07) is 3.91. The highest BCUT2D eigenvalue weighted by Crippen LogP contribution is 2.34. The van der Waals surface area contributed by atoms with Crippen molar-refractivity contribution in [2.45, 2.75) is 13.1 Å². The van der Waals surface area contributed by atoms with E-state index in [9.17, 15) is 18.0 Å². The maximum atomic E-state index is 12.9. The van der Waals surface area contributed by atoms with Gasteiger partial charge in [-0.1, -0.05) is 6.92 Å². The summed E-state index contributed by atoms with van der Waals surface area (Å²) in [5.41, 5.74) is -0.643. The second kappa shape index (κ2) is 5.83. The standard InChI is InChI=1S/C14H17F3N2O/c1-2-18-5-7-19(8-6-18)12-4-3-11(10-20)13(9-12)14(15,16)17/h3-4,9-10H,2,5-8H2,1H3. The van der Waals surface area contributed by atoms with Crippen molar-refractivity contribution in [3.05, 3.63) is 29.3 Å². The third-order valence-corrected chi connectivity index (χ3v) is 3.65. The van der Waals surface area contributed by atoms with Crippen molar-refractivity contribution in [3.63, 3.8) is 0 Å². The first kappa shape index (κ1) is 14.8. The Bertz CT molecular complexity index is 480. The van der Waals surface area contributed by atoms with Gasteiger partial charge in [-0.2, -0.15) is 13.2 Å². The lowest BCUT2D eigenvalue weighted by atomic mass is 10.1. The molecular weight excluding hydrogens is 269 g/mol. The normalized spacial score (nSPS) is 17.3. The minimum absolute atomic E-state index is 0.252. The summed E-state index contributed by atoms with van der Waals surface area (Å²) in [6.45, 7) is 6.10. The van der Waals surface area contributed by atoms with E-state index in [1.54, 1.807) is 6.07 Å². The maximum Gasteiger partial charge on any atom is 0.417 e. The van der Waals surface area contributed by atoms with E-state index in [4.69, 9.17) is 0 Å². The molecule has 6 heteroatoms. The van der Waals surface area contributed by atoms with E-state index in [1.165, 1.54) is 6.07 Å². The van der Waals surface area contributed by atoms with Gasteiger partial charge in [0, 0.05) is 37.4 Å². The summed E-state index contributed by atoms with van der Waals surface area (Å²) < 4.78 is 38.7. The van der Waals surface area contributed by atoms with Crippen LogP contribution in [0.2, 0.25) is 0 Å². The lowest BCUT2D eigenvalue weighted by Gasteiger charge is -2.35. The number of carbonyl (C=O) groups is 1. The Morgan fingerprint density at radius 1 is 1.20 bits per heavy atom. The van der Waals surface area contributed by atoms with Gasteiger partial charge in [-0.05, 0) is 24.7 Å². The average Bonchev–Trinajstić information content (AvgIpc) is 2.46. The molecule has 1 saturated heterocycles. The fourth-order valence-corrected chi connectivity index (χ4v) is 2.41. The summed E-state index contributed by atoms with van der Waals surface area (Å²) >= 11 is 0. The zero-order valence-electron chi connectivity index (χ0n) is 11.3. The summed E-state index contributed by atoms with van der Waals surface area (Å²) in [6.07, 6.45) is -4.25. The number of halogens is 3. The largest absolute Gasteiger partial charge is 0.417 e. The number of alkyl halides is 3. The fourth-order valence-electron chi connectivity index (χ4n) is 2.41. The molecule has 1 aromatic rings. The quantitative estimate of drug-likeness (QED) is 0.798. The van der Waals surface area contributed by atoms with Gasteiger partial charge >= 0.3 is 6.18 Å². The molecule has 0 unspecified atom stereocenters. The van der Waals surface area contributed by atoms with Crippen LogP contribution in [-0.4, -0.2) is 43.9 Å². The van der Waals surface area contributed by atoms with E-state index in [0.29, 0.717) is 18.8 Å². The summed E-state index contributed by atoms with van der Waals surface area (Å²) in [7, 11) is 0. The molecular formula is C14H17F3N2O. The van der Waals surface area contributed by atoms with Crippen LogP contribution in [0.25, 0.3) is 0 Å². The van der Waals surface area contributed by atoms with Crippen molar-refractivity contribution < 1.29 is 18.0 Å². The number of rotatable bonds is 3. The van der Waals surface area contributed by atoms with Crippen molar-refractivity contribution in [1.82, 2.24) is 4.90 Å². The molecule has 0 spiro atoms. The van der Waals surface area contributed by atoms with Gasteiger partial charge in [-0.25, -0.2) is 0 Å². The van der Waals surface area contributed by atoms with Crippen LogP contribution >= 0.6 is 0 Å². The summed E-state index contributed by atoms with van der Waals surface area (Å²) in [4.78, 5) is 14.9. The van der Waals surface area contributed by atoms with Crippen LogP contribution in [0.3, 0.4) is 0 Å². The number of likely N-dealkylation sites (N-methyl/N-ethyl adjacent to an activating group) is 1. The highest BCUT2D eigenvalue weighted by atomic mass is 19.4. The molecule has 0 radical (unpaired) electrons. The number of benzene rings is 1. The van der Waals surface area contributed by atoms with Crippen LogP contribution in [0, 0.1) is 0 Å². The highest BCUT2D eigenvalue weighted by molar-refractivity contribution is 5.79. The van der Waals surface area contributed by atoms with Crippen molar-refractivity contribution in [2.75, 3.05) is 37.6 Å². The minimum atomic E-state index is -4.50. The van der Waals surface area contributed by atoms with Gasteiger partial charge in [0.05, 0.1) is 5.56 Å². The molecule has 0 amide bonds. The topological polar surface area (TPSA) is 23.6 Å². The number of piperazine rings is 1. The number of hydrogen-bond acceptors (Lipinski definition) is 3. The summed E-state index contributed by atoms with van der Waals surface area (Å²) in [5, 5.41) is 0. The lowest BCUT2D eigenvalue weighted by Crippen LogP contribution is -2.46. The van der Waals surface area contributed by atoms with E-state index >= 15 is 0 Å². The molecule has 0 aromatic heterocycles. The fraction of sp³-hybridized carbons (Fsp3) is 0.500. The Balaban J connectivity index is 2.24. The van der Waals surface area contributed by atoms with E-state index < -0.39 is 11.7 Å². The number of hydrogen-bond donors (Lipinski definition) is 0. The summed E-state index contributed by atoms with van der Waals surface area (Å²) in [5.74, 6) is 0. The van der Waals surface area contributed by atoms with E-state index in [-0.39, 0.29) is 11.8 Å². The lowest BCUT2D eigenvalue weighted by molar-refractivity contribution is -0.137. The first-order chi connectivity index (χ1) is 9.45. The number of nitrogens with zero attached hydrogens (tertiary/aromatic N) is 2. The molecule has 1 aliphatic rings. The molecule has 1 heterocycles. The Hall–Kier alpha value is -1.56. The predicted molar refractivity (Wildman–Crippen MR) is 71.2 cm³/mol. The zero-order valence-corrected chi connectivity index (χ0v) is 11.3.